The third-order valence-electron chi connectivity index (χ3n) is 2.63. The van der Waals surface area contributed by atoms with Crippen LogP contribution in [0.3, 0.4) is 0 Å². The second-order valence-corrected chi connectivity index (χ2v) is 3.92. The SMILES string of the molecule is O=[N+]([O-])c1ccc(CCO[C@@H]2COCCO2)cc1. The lowest BCUT2D eigenvalue weighted by Crippen LogP contribution is -2.31. The van der Waals surface area contributed by atoms with Crippen LogP contribution in [-0.4, -0.2) is 37.6 Å². The topological polar surface area (TPSA) is 70.8 Å². The molecule has 1 atom stereocenters. The molecule has 1 aromatic carbocycles. The molecule has 0 aliphatic carbocycles. The molecule has 1 heterocycles. The number of non-ortho nitro benzene ring substituents is 1. The summed E-state index contributed by atoms with van der Waals surface area (Å²) in [6.45, 7) is 2.14. The maximum atomic E-state index is 10.5. The molecular weight excluding hydrogens is 238 g/mol. The van der Waals surface area contributed by atoms with E-state index in [4.69, 9.17) is 14.2 Å². The molecule has 0 saturated carbocycles. The van der Waals surface area contributed by atoms with Crippen molar-refractivity contribution in [3.63, 3.8) is 0 Å². The standard InChI is InChI=1S/C12H15NO5/c14-13(15)11-3-1-10(2-4-11)5-6-17-12-9-16-7-8-18-12/h1-4,12H,5-9H2/t12-/m0/s1. The van der Waals surface area contributed by atoms with Crippen molar-refractivity contribution in [2.45, 2.75) is 12.7 Å². The van der Waals surface area contributed by atoms with Gasteiger partial charge in [-0.1, -0.05) is 12.1 Å². The van der Waals surface area contributed by atoms with Crippen LogP contribution >= 0.6 is 0 Å². The van der Waals surface area contributed by atoms with Crippen molar-refractivity contribution >= 4 is 5.69 Å². The molecule has 1 aliphatic heterocycles. The van der Waals surface area contributed by atoms with Gasteiger partial charge in [0.1, 0.15) is 0 Å². The van der Waals surface area contributed by atoms with E-state index in [9.17, 15) is 10.1 Å². The minimum absolute atomic E-state index is 0.101. The van der Waals surface area contributed by atoms with Crippen LogP contribution in [0, 0.1) is 10.1 Å². The van der Waals surface area contributed by atoms with E-state index < -0.39 is 4.92 Å². The second kappa shape index (κ2) is 6.44. The van der Waals surface area contributed by atoms with E-state index >= 15 is 0 Å². The summed E-state index contributed by atoms with van der Waals surface area (Å²) in [5, 5.41) is 10.5. The highest BCUT2D eigenvalue weighted by Crippen LogP contribution is 2.12. The molecule has 2 rings (SSSR count). The lowest BCUT2D eigenvalue weighted by atomic mass is 10.1. The summed E-state index contributed by atoms with van der Waals surface area (Å²) in [5.41, 5.74) is 1.10. The fourth-order valence-electron chi connectivity index (χ4n) is 1.65. The summed E-state index contributed by atoms with van der Waals surface area (Å²) in [4.78, 5) is 10.1. The van der Waals surface area contributed by atoms with Gasteiger partial charge >= 0.3 is 0 Å². The first-order chi connectivity index (χ1) is 8.75. The number of hydrogen-bond donors (Lipinski definition) is 0. The molecule has 6 nitrogen and oxygen atoms in total. The van der Waals surface area contributed by atoms with Crippen molar-refractivity contribution in [3.8, 4) is 0 Å². The van der Waals surface area contributed by atoms with E-state index in [0.29, 0.717) is 32.8 Å². The molecule has 0 bridgehead atoms. The largest absolute Gasteiger partial charge is 0.374 e. The molecule has 1 saturated heterocycles. The zero-order valence-corrected chi connectivity index (χ0v) is 9.91. The van der Waals surface area contributed by atoms with E-state index in [1.807, 2.05) is 0 Å². The minimum atomic E-state index is -0.409. The highest BCUT2D eigenvalue weighted by molar-refractivity contribution is 5.32. The highest BCUT2D eigenvalue weighted by atomic mass is 16.7. The number of ether oxygens (including phenoxy) is 3. The predicted octanol–water partition coefficient (Wildman–Crippen LogP) is 1.53. The van der Waals surface area contributed by atoms with Gasteiger partial charge < -0.3 is 14.2 Å². The molecule has 0 radical (unpaired) electrons. The monoisotopic (exact) mass is 253 g/mol. The summed E-state index contributed by atoms with van der Waals surface area (Å²) >= 11 is 0. The van der Waals surface area contributed by atoms with Gasteiger partial charge in [0.15, 0.2) is 6.29 Å². The highest BCUT2D eigenvalue weighted by Gasteiger charge is 2.14. The lowest BCUT2D eigenvalue weighted by Gasteiger charge is -2.22. The third-order valence-corrected chi connectivity index (χ3v) is 2.63. The number of benzene rings is 1. The molecule has 0 amide bonds. The van der Waals surface area contributed by atoms with E-state index in [2.05, 4.69) is 0 Å². The predicted molar refractivity (Wildman–Crippen MR) is 63.3 cm³/mol. The fraction of sp³-hybridized carbons (Fsp3) is 0.500. The van der Waals surface area contributed by atoms with Crippen LogP contribution in [0.15, 0.2) is 24.3 Å². The Hall–Kier alpha value is -1.50. The van der Waals surface area contributed by atoms with Crippen LogP contribution in [0.2, 0.25) is 0 Å². The molecule has 0 spiro atoms. The van der Waals surface area contributed by atoms with E-state index in [0.717, 1.165) is 5.56 Å². The summed E-state index contributed by atoms with van der Waals surface area (Å²) in [6.07, 6.45) is 0.398. The van der Waals surface area contributed by atoms with Crippen molar-refractivity contribution in [2.24, 2.45) is 0 Å². The van der Waals surface area contributed by atoms with Gasteiger partial charge in [-0.2, -0.15) is 0 Å². The second-order valence-electron chi connectivity index (χ2n) is 3.92. The normalized spacial score (nSPS) is 19.7. The molecule has 18 heavy (non-hydrogen) atoms. The van der Waals surface area contributed by atoms with Crippen LogP contribution in [-0.2, 0) is 20.6 Å². The molecule has 98 valence electrons. The van der Waals surface area contributed by atoms with E-state index in [1.54, 1.807) is 12.1 Å². The quantitative estimate of drug-likeness (QED) is 0.587. The van der Waals surface area contributed by atoms with Crippen molar-refractivity contribution in [3.05, 3.63) is 39.9 Å². The lowest BCUT2D eigenvalue weighted by molar-refractivity contribution is -0.384. The summed E-state index contributed by atoms with van der Waals surface area (Å²) in [5.74, 6) is 0. The van der Waals surface area contributed by atoms with Gasteiger partial charge in [-0.3, -0.25) is 10.1 Å². The molecule has 1 aliphatic rings. The average Bonchev–Trinajstić information content (AvgIpc) is 2.40. The van der Waals surface area contributed by atoms with E-state index in [-0.39, 0.29) is 12.0 Å². The molecule has 0 N–H and O–H groups in total. The Morgan fingerprint density at radius 2 is 2.11 bits per heavy atom. The first-order valence-electron chi connectivity index (χ1n) is 5.80. The van der Waals surface area contributed by atoms with Crippen LogP contribution in [0.4, 0.5) is 5.69 Å². The summed E-state index contributed by atoms with van der Waals surface area (Å²) in [6, 6.07) is 6.46. The smallest absolute Gasteiger partial charge is 0.269 e. The van der Waals surface area contributed by atoms with Gasteiger partial charge in [0.2, 0.25) is 0 Å². The maximum absolute atomic E-state index is 10.5. The average molecular weight is 253 g/mol. The number of rotatable bonds is 5. The van der Waals surface area contributed by atoms with Gasteiger partial charge in [-0.15, -0.1) is 0 Å². The van der Waals surface area contributed by atoms with Gasteiger partial charge in [-0.05, 0) is 12.0 Å². The number of nitro benzene ring substituents is 1. The van der Waals surface area contributed by atoms with Crippen molar-refractivity contribution in [1.82, 2.24) is 0 Å². The Kier molecular flexibility index (Phi) is 4.63. The third kappa shape index (κ3) is 3.76. The Balaban J connectivity index is 1.74. The molecule has 6 heteroatoms. The fourth-order valence-corrected chi connectivity index (χ4v) is 1.65. The Bertz CT molecular complexity index is 386. The Morgan fingerprint density at radius 1 is 1.33 bits per heavy atom. The summed E-state index contributed by atoms with van der Waals surface area (Å²) < 4.78 is 16.0. The van der Waals surface area contributed by atoms with Crippen LogP contribution in [0.25, 0.3) is 0 Å². The zero-order valence-electron chi connectivity index (χ0n) is 9.91. The Labute approximate surface area is 105 Å². The van der Waals surface area contributed by atoms with Crippen LogP contribution in [0.5, 0.6) is 0 Å². The first kappa shape index (κ1) is 12.9. The van der Waals surface area contributed by atoms with Crippen molar-refractivity contribution in [1.29, 1.82) is 0 Å². The number of nitro groups is 1. The van der Waals surface area contributed by atoms with Crippen LogP contribution < -0.4 is 0 Å². The van der Waals surface area contributed by atoms with Gasteiger partial charge in [0.05, 0.1) is 31.4 Å². The molecule has 0 aromatic heterocycles. The van der Waals surface area contributed by atoms with E-state index in [1.165, 1.54) is 12.1 Å². The number of nitrogens with zero attached hydrogens (tertiary/aromatic N) is 1. The van der Waals surface area contributed by atoms with Gasteiger partial charge in [-0.25, -0.2) is 0 Å². The minimum Gasteiger partial charge on any atom is -0.374 e. The molecule has 1 aromatic rings. The Morgan fingerprint density at radius 3 is 2.72 bits per heavy atom. The maximum Gasteiger partial charge on any atom is 0.269 e. The van der Waals surface area contributed by atoms with Crippen molar-refractivity contribution < 1.29 is 19.1 Å². The van der Waals surface area contributed by atoms with Gasteiger partial charge in [0, 0.05) is 12.1 Å². The molecular formula is C12H15NO5. The van der Waals surface area contributed by atoms with Crippen LogP contribution in [0.1, 0.15) is 5.56 Å². The molecule has 0 unspecified atom stereocenters. The first-order valence-corrected chi connectivity index (χ1v) is 5.80. The number of hydrogen-bond acceptors (Lipinski definition) is 5. The molecule has 1 fully saturated rings. The summed E-state index contributed by atoms with van der Waals surface area (Å²) in [7, 11) is 0. The zero-order chi connectivity index (χ0) is 12.8. The van der Waals surface area contributed by atoms with Crippen molar-refractivity contribution in [2.75, 3.05) is 26.4 Å². The van der Waals surface area contributed by atoms with Gasteiger partial charge in [0.25, 0.3) is 5.69 Å².